The number of nitro groups is 1. The van der Waals surface area contributed by atoms with Gasteiger partial charge in [-0.05, 0) is 30.8 Å². The first-order valence-corrected chi connectivity index (χ1v) is 8.17. The van der Waals surface area contributed by atoms with E-state index in [4.69, 9.17) is 23.2 Å². The topological polar surface area (TPSA) is 66.7 Å². The zero-order chi connectivity index (χ0) is 18.6. The summed E-state index contributed by atoms with van der Waals surface area (Å²) in [6.45, 7) is 0.634. The molecule has 2 rings (SSSR count). The second kappa shape index (κ2) is 8.29. The van der Waals surface area contributed by atoms with E-state index in [2.05, 4.69) is 0 Å². The Balaban J connectivity index is 2.00. The van der Waals surface area contributed by atoms with Crippen LogP contribution in [0.2, 0.25) is 10.0 Å². The fourth-order valence-electron chi connectivity index (χ4n) is 2.30. The molecule has 8 heteroatoms. The van der Waals surface area contributed by atoms with Crippen molar-refractivity contribution in [2.24, 2.45) is 0 Å². The largest absolute Gasteiger partial charge is 0.314 e. The number of hydrogen-bond acceptors (Lipinski definition) is 4. The molecule has 0 aliphatic carbocycles. The average Bonchev–Trinajstić information content (AvgIpc) is 2.58. The highest BCUT2D eigenvalue weighted by molar-refractivity contribution is 6.42. The average molecular weight is 382 g/mol. The Morgan fingerprint density at radius 3 is 2.36 bits per heavy atom. The summed E-state index contributed by atoms with van der Waals surface area (Å²) in [5.41, 5.74) is 1.41. The van der Waals surface area contributed by atoms with E-state index in [-0.39, 0.29) is 18.1 Å². The molecule has 6 nitrogen and oxygen atoms in total. The Morgan fingerprint density at radius 1 is 1.12 bits per heavy atom. The standard InChI is InChI=1S/C17H17Cl2N3O3/c1-20(10-12-4-3-5-15(18)17(12)19)11-16(23)21(2)13-6-8-14(9-7-13)22(24)25/h3-9H,10-11H2,1-2H3. The maximum absolute atomic E-state index is 12.4. The van der Waals surface area contributed by atoms with Gasteiger partial charge in [-0.15, -0.1) is 0 Å². The Bertz CT molecular complexity index is 781. The van der Waals surface area contributed by atoms with E-state index in [1.54, 1.807) is 32.3 Å². The lowest BCUT2D eigenvalue weighted by Crippen LogP contribution is -2.36. The first kappa shape index (κ1) is 19.2. The quantitative estimate of drug-likeness (QED) is 0.560. The number of nitrogens with zero attached hydrogens (tertiary/aromatic N) is 3. The number of nitro benzene ring substituents is 1. The molecule has 0 aliphatic heterocycles. The molecule has 0 atom stereocenters. The van der Waals surface area contributed by atoms with Crippen molar-refractivity contribution in [1.29, 1.82) is 0 Å². The highest BCUT2D eigenvalue weighted by Gasteiger charge is 2.16. The number of carbonyl (C=O) groups is 1. The summed E-state index contributed by atoms with van der Waals surface area (Å²) < 4.78 is 0. The number of carbonyl (C=O) groups excluding carboxylic acids is 1. The van der Waals surface area contributed by atoms with Crippen LogP contribution < -0.4 is 4.90 Å². The van der Waals surface area contributed by atoms with Gasteiger partial charge in [-0.2, -0.15) is 0 Å². The molecule has 0 spiro atoms. The molecule has 2 aromatic rings. The van der Waals surface area contributed by atoms with Gasteiger partial charge in [-0.3, -0.25) is 19.8 Å². The van der Waals surface area contributed by atoms with Gasteiger partial charge in [0.15, 0.2) is 0 Å². The smallest absolute Gasteiger partial charge is 0.269 e. The van der Waals surface area contributed by atoms with Crippen molar-refractivity contribution in [3.05, 3.63) is 68.2 Å². The van der Waals surface area contributed by atoms with Crippen LogP contribution in [0, 0.1) is 10.1 Å². The molecular weight excluding hydrogens is 365 g/mol. The van der Waals surface area contributed by atoms with E-state index >= 15 is 0 Å². The van der Waals surface area contributed by atoms with Gasteiger partial charge in [0.05, 0.1) is 21.5 Å². The van der Waals surface area contributed by atoms with E-state index in [1.165, 1.54) is 17.0 Å². The van der Waals surface area contributed by atoms with Crippen LogP contribution in [0.4, 0.5) is 11.4 Å². The molecular formula is C17H17Cl2N3O3. The van der Waals surface area contributed by atoms with Crippen LogP contribution in [-0.2, 0) is 11.3 Å². The monoisotopic (exact) mass is 381 g/mol. The summed E-state index contributed by atoms with van der Waals surface area (Å²) in [6, 6.07) is 11.2. The first-order valence-electron chi connectivity index (χ1n) is 7.42. The predicted octanol–water partition coefficient (Wildman–Crippen LogP) is 4.00. The van der Waals surface area contributed by atoms with Crippen molar-refractivity contribution in [3.8, 4) is 0 Å². The lowest BCUT2D eigenvalue weighted by molar-refractivity contribution is -0.384. The van der Waals surface area contributed by atoms with Crippen LogP contribution in [0.1, 0.15) is 5.56 Å². The molecule has 0 aromatic heterocycles. The number of rotatable bonds is 6. The van der Waals surface area contributed by atoms with Crippen molar-refractivity contribution in [2.75, 3.05) is 25.5 Å². The highest BCUT2D eigenvalue weighted by atomic mass is 35.5. The summed E-state index contributed by atoms with van der Waals surface area (Å²) in [6.07, 6.45) is 0. The van der Waals surface area contributed by atoms with Crippen molar-refractivity contribution >= 4 is 40.5 Å². The highest BCUT2D eigenvalue weighted by Crippen LogP contribution is 2.26. The summed E-state index contributed by atoms with van der Waals surface area (Å²) in [7, 11) is 3.43. The third kappa shape index (κ3) is 4.92. The minimum atomic E-state index is -0.478. The molecule has 0 radical (unpaired) electrons. The summed E-state index contributed by atoms with van der Waals surface area (Å²) >= 11 is 12.2. The van der Waals surface area contributed by atoms with E-state index < -0.39 is 4.92 Å². The maximum atomic E-state index is 12.4. The van der Waals surface area contributed by atoms with E-state index in [9.17, 15) is 14.9 Å². The number of halogens is 2. The number of hydrogen-bond donors (Lipinski definition) is 0. The number of anilines is 1. The molecule has 0 saturated carbocycles. The van der Waals surface area contributed by atoms with E-state index in [0.717, 1.165) is 5.56 Å². The van der Waals surface area contributed by atoms with Gasteiger partial charge in [0, 0.05) is 31.4 Å². The van der Waals surface area contributed by atoms with Crippen molar-refractivity contribution < 1.29 is 9.72 Å². The number of non-ortho nitro benzene ring substituents is 1. The second-order valence-corrected chi connectivity index (χ2v) is 6.40. The Morgan fingerprint density at radius 2 is 1.76 bits per heavy atom. The molecule has 0 N–H and O–H groups in total. The SMILES string of the molecule is CN(CC(=O)N(C)c1ccc([N+](=O)[O-])cc1)Cc1cccc(Cl)c1Cl. The zero-order valence-corrected chi connectivity index (χ0v) is 15.3. The molecule has 0 saturated heterocycles. The summed E-state index contributed by atoms with van der Waals surface area (Å²) in [5.74, 6) is -0.144. The third-order valence-electron chi connectivity index (χ3n) is 3.70. The normalized spacial score (nSPS) is 10.8. The molecule has 0 bridgehead atoms. The van der Waals surface area contributed by atoms with Crippen molar-refractivity contribution in [2.45, 2.75) is 6.54 Å². The van der Waals surface area contributed by atoms with Crippen LogP contribution >= 0.6 is 23.2 Å². The third-order valence-corrected chi connectivity index (χ3v) is 4.56. The molecule has 0 fully saturated rings. The fourth-order valence-corrected chi connectivity index (χ4v) is 2.68. The molecule has 132 valence electrons. The van der Waals surface area contributed by atoms with Gasteiger partial charge < -0.3 is 4.90 Å². The van der Waals surface area contributed by atoms with Gasteiger partial charge >= 0.3 is 0 Å². The lowest BCUT2D eigenvalue weighted by Gasteiger charge is -2.22. The number of benzene rings is 2. The van der Waals surface area contributed by atoms with Crippen molar-refractivity contribution in [1.82, 2.24) is 4.90 Å². The van der Waals surface area contributed by atoms with Crippen LogP contribution in [0.3, 0.4) is 0 Å². The Kier molecular flexibility index (Phi) is 6.36. The summed E-state index contributed by atoms with van der Waals surface area (Å²) in [5, 5.41) is 11.6. The number of likely N-dealkylation sites (N-methyl/N-ethyl adjacent to an activating group) is 2. The first-order chi connectivity index (χ1) is 11.8. The zero-order valence-electron chi connectivity index (χ0n) is 13.8. The van der Waals surface area contributed by atoms with Crippen molar-refractivity contribution in [3.63, 3.8) is 0 Å². The molecule has 25 heavy (non-hydrogen) atoms. The molecule has 0 unspecified atom stereocenters. The molecule has 0 aliphatic rings. The Hall–Kier alpha value is -2.15. The van der Waals surface area contributed by atoms with Gasteiger partial charge in [0.25, 0.3) is 5.69 Å². The van der Waals surface area contributed by atoms with Crippen LogP contribution in [0.5, 0.6) is 0 Å². The predicted molar refractivity (Wildman–Crippen MR) is 99.3 cm³/mol. The second-order valence-electron chi connectivity index (χ2n) is 5.61. The lowest BCUT2D eigenvalue weighted by atomic mass is 10.2. The maximum Gasteiger partial charge on any atom is 0.269 e. The minimum Gasteiger partial charge on any atom is -0.314 e. The van der Waals surface area contributed by atoms with Gasteiger partial charge in [0.1, 0.15) is 0 Å². The molecule has 2 aromatic carbocycles. The molecule has 0 heterocycles. The Labute approximate surface area is 155 Å². The van der Waals surface area contributed by atoms with Crippen LogP contribution in [0.25, 0.3) is 0 Å². The van der Waals surface area contributed by atoms with Crippen LogP contribution in [0.15, 0.2) is 42.5 Å². The van der Waals surface area contributed by atoms with E-state index in [1.807, 2.05) is 17.0 Å². The van der Waals surface area contributed by atoms with Gasteiger partial charge in [0.2, 0.25) is 5.91 Å². The fraction of sp³-hybridized carbons (Fsp3) is 0.235. The van der Waals surface area contributed by atoms with E-state index in [0.29, 0.717) is 22.3 Å². The van der Waals surface area contributed by atoms with Gasteiger partial charge in [-0.1, -0.05) is 35.3 Å². The van der Waals surface area contributed by atoms with Crippen LogP contribution in [-0.4, -0.2) is 36.4 Å². The minimum absolute atomic E-state index is 0.0164. The molecule has 1 amide bonds. The van der Waals surface area contributed by atoms with Gasteiger partial charge in [-0.25, -0.2) is 0 Å². The number of amides is 1. The summed E-state index contributed by atoms with van der Waals surface area (Å²) in [4.78, 5) is 25.9.